The number of rotatable bonds is 12. The molecule has 0 N–H and O–H groups in total. The maximum Gasteiger partial charge on any atom is 0.405 e. The molecule has 188 valence electrons. The molecule has 0 spiro atoms. The zero-order valence-corrected chi connectivity index (χ0v) is 22.1. The van der Waals surface area contributed by atoms with Gasteiger partial charge in [-0.1, -0.05) is 0 Å². The van der Waals surface area contributed by atoms with Gasteiger partial charge in [-0.3, -0.25) is 8.77 Å². The molecule has 0 aliphatic carbocycles. The van der Waals surface area contributed by atoms with Crippen molar-refractivity contribution in [2.75, 3.05) is 26.1 Å². The Kier molecular flexibility index (Phi) is 9.92. The van der Waals surface area contributed by atoms with Crippen LogP contribution in [0.5, 0.6) is 5.75 Å². The van der Waals surface area contributed by atoms with E-state index in [4.69, 9.17) is 13.8 Å². The predicted molar refractivity (Wildman–Crippen MR) is 123 cm³/mol. The summed E-state index contributed by atoms with van der Waals surface area (Å²) >= 11 is 3.72. The Morgan fingerprint density at radius 3 is 2.24 bits per heavy atom. The van der Waals surface area contributed by atoms with Crippen molar-refractivity contribution >= 4 is 55.7 Å². The first-order valence-electron chi connectivity index (χ1n) is 9.77. The van der Waals surface area contributed by atoms with Crippen molar-refractivity contribution in [3.05, 3.63) is 27.0 Å². The number of halogens is 6. The van der Waals surface area contributed by atoms with Crippen molar-refractivity contribution in [1.82, 2.24) is 0 Å². The van der Waals surface area contributed by atoms with Gasteiger partial charge in [0.2, 0.25) is 0 Å². The van der Waals surface area contributed by atoms with Crippen LogP contribution < -0.4 is 4.74 Å². The number of fused-ring (bicyclic) bond motifs is 1. The molecule has 33 heavy (non-hydrogen) atoms. The quantitative estimate of drug-likeness (QED) is 0.143. The second-order valence-corrected chi connectivity index (χ2v) is 12.2. The van der Waals surface area contributed by atoms with Gasteiger partial charge in [-0.15, -0.1) is 11.3 Å². The van der Waals surface area contributed by atoms with Gasteiger partial charge in [0.05, 0.1) is 24.5 Å². The van der Waals surface area contributed by atoms with E-state index in [0.717, 1.165) is 0 Å². The van der Waals surface area contributed by atoms with Gasteiger partial charge in [-0.05, 0) is 53.9 Å². The average molecular weight is 601 g/mol. The summed E-state index contributed by atoms with van der Waals surface area (Å²) in [5.74, 6) is 0.157. The lowest BCUT2D eigenvalue weighted by Gasteiger charge is -2.25. The Bertz CT molecular complexity index is 1030. The number of benzene rings is 1. The highest BCUT2D eigenvalue weighted by molar-refractivity contribution is 9.10. The molecule has 1 heterocycles. The van der Waals surface area contributed by atoms with Crippen molar-refractivity contribution in [2.24, 2.45) is 0 Å². The second-order valence-electron chi connectivity index (χ2n) is 6.87. The van der Waals surface area contributed by atoms with Gasteiger partial charge in [0, 0.05) is 39.1 Å². The highest BCUT2D eigenvalue weighted by Gasteiger charge is 2.57. The lowest BCUT2D eigenvalue weighted by atomic mass is 10.1. The van der Waals surface area contributed by atoms with Gasteiger partial charge in [0.25, 0.3) is 0 Å². The van der Waals surface area contributed by atoms with Gasteiger partial charge >= 0.3 is 19.4 Å². The smallest absolute Gasteiger partial charge is 0.405 e. The summed E-state index contributed by atoms with van der Waals surface area (Å²) in [5, 5.41) is 0.267. The van der Waals surface area contributed by atoms with Crippen LogP contribution in [-0.4, -0.2) is 36.5 Å². The van der Waals surface area contributed by atoms with E-state index in [0.29, 0.717) is 16.9 Å². The van der Waals surface area contributed by atoms with E-state index in [-0.39, 0.29) is 52.3 Å². The Balaban J connectivity index is 2.57. The first-order valence-corrected chi connectivity index (χ1v) is 14.7. The van der Waals surface area contributed by atoms with Gasteiger partial charge < -0.3 is 13.8 Å². The summed E-state index contributed by atoms with van der Waals surface area (Å²) in [6, 6.07) is 3.00. The molecule has 2 rings (SSSR count). The average Bonchev–Trinajstić information content (AvgIpc) is 3.02. The summed E-state index contributed by atoms with van der Waals surface area (Å²) in [5.41, 5.74) is -3.52. The van der Waals surface area contributed by atoms with E-state index >= 15 is 8.78 Å². The first-order chi connectivity index (χ1) is 15.3. The summed E-state index contributed by atoms with van der Waals surface area (Å²) < 4.78 is 108. The van der Waals surface area contributed by atoms with Crippen LogP contribution in [-0.2, 0) is 35.8 Å². The summed E-state index contributed by atoms with van der Waals surface area (Å²) in [6.45, 7) is 1.98. The number of alkyl halides is 5. The number of hydrogen-bond acceptors (Lipinski definition) is 6. The van der Waals surface area contributed by atoms with Crippen LogP contribution in [0.2, 0.25) is 0 Å². The van der Waals surface area contributed by atoms with Gasteiger partial charge in [0.15, 0.2) is 0 Å². The molecular weight excluding hydrogens is 578 g/mol. The van der Waals surface area contributed by atoms with Crippen LogP contribution in [0.3, 0.4) is 0 Å². The Morgan fingerprint density at radius 1 is 1.12 bits per heavy atom. The summed E-state index contributed by atoms with van der Waals surface area (Å²) in [7, 11) is -6.16. The molecule has 2 aromatic rings. The Labute approximate surface area is 203 Å². The fourth-order valence-electron chi connectivity index (χ4n) is 2.93. The standard InChI is InChI=1S/C19H23BrF5O5PS2/c1-4-29-31(26,30-5-2)19(24,25)17-15(20)13-9-12(11-33(3)27)10-14(16(13)32-17)28-8-6-7-18(21,22)23/h9-10H,4-8,11H2,1-3H3. The molecule has 1 unspecified atom stereocenters. The predicted octanol–water partition coefficient (Wildman–Crippen LogP) is 7.58. The van der Waals surface area contributed by atoms with Crippen molar-refractivity contribution in [1.29, 1.82) is 0 Å². The highest BCUT2D eigenvalue weighted by atomic mass is 79.9. The van der Waals surface area contributed by atoms with E-state index < -0.39 is 41.5 Å². The summed E-state index contributed by atoms with van der Waals surface area (Å²) in [6.07, 6.45) is -4.27. The van der Waals surface area contributed by atoms with Crippen LogP contribution in [0.1, 0.15) is 37.1 Å². The lowest BCUT2D eigenvalue weighted by Crippen LogP contribution is -2.17. The Morgan fingerprint density at radius 2 is 1.73 bits per heavy atom. The van der Waals surface area contributed by atoms with Crippen LogP contribution in [0, 0.1) is 0 Å². The minimum Gasteiger partial charge on any atom is -0.492 e. The topological polar surface area (TPSA) is 61.8 Å². The molecule has 0 saturated carbocycles. The lowest BCUT2D eigenvalue weighted by molar-refractivity contribution is -0.136. The van der Waals surface area contributed by atoms with E-state index in [1.54, 1.807) is 0 Å². The number of thiophene rings is 1. The zero-order chi connectivity index (χ0) is 25.0. The maximum atomic E-state index is 15.4. The molecule has 5 nitrogen and oxygen atoms in total. The molecular formula is C19H23BrF5O5PS2. The van der Waals surface area contributed by atoms with Crippen molar-refractivity contribution in [3.63, 3.8) is 0 Å². The fraction of sp³-hybridized carbons (Fsp3) is 0.579. The van der Waals surface area contributed by atoms with E-state index in [1.807, 2.05) is 0 Å². The second kappa shape index (κ2) is 11.4. The molecule has 1 atom stereocenters. The van der Waals surface area contributed by atoms with Crippen LogP contribution in [0.25, 0.3) is 10.1 Å². The fourth-order valence-corrected chi connectivity index (χ4v) is 7.59. The minimum atomic E-state index is -4.89. The number of hydrogen-bond donors (Lipinski definition) is 0. The third-order valence-electron chi connectivity index (χ3n) is 4.20. The largest absolute Gasteiger partial charge is 0.492 e. The molecule has 14 heteroatoms. The molecule has 0 aliphatic rings. The molecule has 0 fully saturated rings. The molecule has 1 aromatic heterocycles. The third kappa shape index (κ3) is 6.98. The monoisotopic (exact) mass is 600 g/mol. The van der Waals surface area contributed by atoms with E-state index in [9.17, 15) is 21.9 Å². The molecule has 0 aliphatic heterocycles. The van der Waals surface area contributed by atoms with E-state index in [2.05, 4.69) is 15.9 Å². The summed E-state index contributed by atoms with van der Waals surface area (Å²) in [4.78, 5) is -0.627. The van der Waals surface area contributed by atoms with E-state index in [1.165, 1.54) is 32.2 Å². The highest BCUT2D eigenvalue weighted by Crippen LogP contribution is 2.69. The van der Waals surface area contributed by atoms with Crippen molar-refractivity contribution in [3.8, 4) is 5.75 Å². The normalized spacial score (nSPS) is 14.1. The first kappa shape index (κ1) is 28.6. The molecule has 0 saturated heterocycles. The van der Waals surface area contributed by atoms with Crippen LogP contribution in [0.4, 0.5) is 22.0 Å². The van der Waals surface area contributed by atoms with Gasteiger partial charge in [0.1, 0.15) is 10.6 Å². The maximum absolute atomic E-state index is 15.4. The van der Waals surface area contributed by atoms with Gasteiger partial charge in [-0.25, -0.2) is 0 Å². The molecule has 1 aromatic carbocycles. The van der Waals surface area contributed by atoms with Gasteiger partial charge in [-0.2, -0.15) is 22.0 Å². The van der Waals surface area contributed by atoms with Crippen molar-refractivity contribution in [2.45, 2.75) is 44.3 Å². The third-order valence-corrected chi connectivity index (χ3v) is 9.58. The number of ether oxygens (including phenoxy) is 1. The SMILES string of the molecule is CCOP(=O)(OCC)C(F)(F)c1sc2c(OCCCC(F)(F)F)cc(CS(C)=O)cc2c1Br. The molecule has 0 radical (unpaired) electrons. The minimum absolute atomic E-state index is 0.0731. The van der Waals surface area contributed by atoms with Crippen LogP contribution in [0.15, 0.2) is 16.6 Å². The van der Waals surface area contributed by atoms with Crippen LogP contribution >= 0.6 is 34.9 Å². The zero-order valence-electron chi connectivity index (χ0n) is 18.0. The van der Waals surface area contributed by atoms with Crippen molar-refractivity contribution < 1.29 is 44.5 Å². The molecule has 0 amide bonds. The Hall–Kier alpha value is -0.590. The molecule has 0 bridgehead atoms.